The predicted octanol–water partition coefficient (Wildman–Crippen LogP) is 2.46. The first-order chi connectivity index (χ1) is 9.63. The number of carbonyl (C=O) groups is 1. The van der Waals surface area contributed by atoms with Crippen molar-refractivity contribution in [3.8, 4) is 11.5 Å². The van der Waals surface area contributed by atoms with E-state index in [0.29, 0.717) is 18.0 Å². The van der Waals surface area contributed by atoms with Gasteiger partial charge in [-0.1, -0.05) is 12.1 Å². The monoisotopic (exact) mass is 273 g/mol. The molecule has 0 bridgehead atoms. The Kier molecular flexibility index (Phi) is 3.02. The second kappa shape index (κ2) is 4.85. The Morgan fingerprint density at radius 1 is 1.20 bits per heavy atom. The highest BCUT2D eigenvalue weighted by Gasteiger charge is 2.25. The van der Waals surface area contributed by atoms with Crippen LogP contribution in [0.15, 0.2) is 42.5 Å². The summed E-state index contributed by atoms with van der Waals surface area (Å²) in [6, 6.07) is 10.6. The summed E-state index contributed by atoms with van der Waals surface area (Å²) in [7, 11) is 0. The molecule has 0 aliphatic carbocycles. The molecule has 3 rings (SSSR count). The molecule has 1 aliphatic heterocycles. The molecule has 0 saturated carbocycles. The number of phenolic OH excluding ortho intramolecular Hbond substituents is 1. The summed E-state index contributed by atoms with van der Waals surface area (Å²) in [5, 5.41) is 9.55. The number of phenols is 1. The quantitative estimate of drug-likeness (QED) is 0.914. The van der Waals surface area contributed by atoms with Crippen molar-refractivity contribution in [3.05, 3.63) is 53.8 Å². The van der Waals surface area contributed by atoms with Gasteiger partial charge in [-0.05, 0) is 29.8 Å². The number of hydrogen-bond acceptors (Lipinski definition) is 3. The Morgan fingerprint density at radius 2 is 1.95 bits per heavy atom. The van der Waals surface area contributed by atoms with Crippen LogP contribution < -0.4 is 9.64 Å². The van der Waals surface area contributed by atoms with E-state index in [4.69, 9.17) is 4.74 Å². The van der Waals surface area contributed by atoms with Crippen LogP contribution in [0.1, 0.15) is 5.56 Å². The average Bonchev–Trinajstić information content (AvgIpc) is 2.44. The van der Waals surface area contributed by atoms with Gasteiger partial charge in [-0.2, -0.15) is 0 Å². The third-order valence-corrected chi connectivity index (χ3v) is 3.14. The van der Waals surface area contributed by atoms with E-state index in [1.807, 2.05) is 0 Å². The Labute approximate surface area is 115 Å². The third-order valence-electron chi connectivity index (χ3n) is 3.14. The lowest BCUT2D eigenvalue weighted by Gasteiger charge is -2.29. The van der Waals surface area contributed by atoms with Crippen molar-refractivity contribution in [2.75, 3.05) is 11.5 Å². The smallest absolute Gasteiger partial charge is 0.265 e. The van der Waals surface area contributed by atoms with Gasteiger partial charge < -0.3 is 14.7 Å². The number of fused-ring (bicyclic) bond motifs is 1. The van der Waals surface area contributed by atoms with Gasteiger partial charge in [0.2, 0.25) is 0 Å². The Bertz CT molecular complexity index is 655. The fourth-order valence-corrected chi connectivity index (χ4v) is 2.14. The van der Waals surface area contributed by atoms with Gasteiger partial charge in [-0.25, -0.2) is 4.39 Å². The molecule has 2 aromatic rings. The summed E-state index contributed by atoms with van der Waals surface area (Å²) in [5.41, 5.74) is 1.32. The van der Waals surface area contributed by atoms with E-state index < -0.39 is 0 Å². The lowest BCUT2D eigenvalue weighted by Crippen LogP contribution is -2.38. The van der Waals surface area contributed by atoms with Gasteiger partial charge in [0.1, 0.15) is 17.3 Å². The topological polar surface area (TPSA) is 49.8 Å². The highest BCUT2D eigenvalue weighted by atomic mass is 19.1. The van der Waals surface area contributed by atoms with Gasteiger partial charge in [0, 0.05) is 6.07 Å². The number of amides is 1. The second-order valence-corrected chi connectivity index (χ2v) is 4.55. The van der Waals surface area contributed by atoms with Crippen molar-refractivity contribution < 1.29 is 19.0 Å². The number of carbonyl (C=O) groups excluding carboxylic acids is 1. The number of hydrogen-bond donors (Lipinski definition) is 1. The fraction of sp³-hybridized carbons (Fsp3) is 0.133. The zero-order valence-corrected chi connectivity index (χ0v) is 10.5. The normalized spacial score (nSPS) is 13.8. The van der Waals surface area contributed by atoms with E-state index in [0.717, 1.165) is 5.56 Å². The molecule has 0 saturated heterocycles. The maximum absolute atomic E-state index is 12.9. The average molecular weight is 273 g/mol. The first-order valence-corrected chi connectivity index (χ1v) is 6.14. The van der Waals surface area contributed by atoms with Crippen molar-refractivity contribution in [2.45, 2.75) is 6.54 Å². The molecule has 0 aromatic heterocycles. The van der Waals surface area contributed by atoms with Crippen molar-refractivity contribution in [1.82, 2.24) is 0 Å². The van der Waals surface area contributed by atoms with E-state index in [9.17, 15) is 14.3 Å². The SMILES string of the molecule is O=C1COc2ccc(O)cc2N1Cc1ccc(F)cc1. The second-order valence-electron chi connectivity index (χ2n) is 4.55. The molecule has 0 radical (unpaired) electrons. The number of nitrogens with zero attached hydrogens (tertiary/aromatic N) is 1. The summed E-state index contributed by atoms with van der Waals surface area (Å²) >= 11 is 0. The molecule has 0 atom stereocenters. The van der Waals surface area contributed by atoms with E-state index in [2.05, 4.69) is 0 Å². The van der Waals surface area contributed by atoms with Crippen LogP contribution in [0.3, 0.4) is 0 Å². The Morgan fingerprint density at radius 3 is 2.70 bits per heavy atom. The molecule has 1 N–H and O–H groups in total. The number of rotatable bonds is 2. The van der Waals surface area contributed by atoms with Gasteiger partial charge in [-0.15, -0.1) is 0 Å². The highest BCUT2D eigenvalue weighted by molar-refractivity contribution is 5.97. The Hall–Kier alpha value is -2.56. The molecule has 0 fully saturated rings. The van der Waals surface area contributed by atoms with Crippen molar-refractivity contribution in [1.29, 1.82) is 0 Å². The lowest BCUT2D eigenvalue weighted by atomic mass is 10.1. The summed E-state index contributed by atoms with van der Waals surface area (Å²) in [6.07, 6.45) is 0. The molecule has 2 aromatic carbocycles. The number of ether oxygens (including phenoxy) is 1. The summed E-state index contributed by atoms with van der Waals surface area (Å²) in [6.45, 7) is 0.262. The first kappa shape index (κ1) is 12.5. The van der Waals surface area contributed by atoms with Crippen LogP contribution >= 0.6 is 0 Å². The number of halogens is 1. The van der Waals surface area contributed by atoms with Crippen molar-refractivity contribution in [3.63, 3.8) is 0 Å². The molecular weight excluding hydrogens is 261 g/mol. The fourth-order valence-electron chi connectivity index (χ4n) is 2.14. The van der Waals surface area contributed by atoms with Crippen molar-refractivity contribution in [2.24, 2.45) is 0 Å². The van der Waals surface area contributed by atoms with Gasteiger partial charge in [0.25, 0.3) is 5.91 Å². The van der Waals surface area contributed by atoms with Crippen LogP contribution in [-0.2, 0) is 11.3 Å². The molecule has 1 heterocycles. The minimum Gasteiger partial charge on any atom is -0.508 e. The summed E-state index contributed by atoms with van der Waals surface area (Å²) < 4.78 is 18.2. The lowest BCUT2D eigenvalue weighted by molar-refractivity contribution is -0.121. The predicted molar refractivity (Wildman–Crippen MR) is 71.2 cm³/mol. The molecule has 1 aliphatic rings. The van der Waals surface area contributed by atoms with E-state index >= 15 is 0 Å². The minimum absolute atomic E-state index is 0.0427. The van der Waals surface area contributed by atoms with Gasteiger partial charge >= 0.3 is 0 Å². The summed E-state index contributed by atoms with van der Waals surface area (Å²) in [5.74, 6) is 0.0863. The Balaban J connectivity index is 1.94. The van der Waals surface area contributed by atoms with Gasteiger partial charge in [-0.3, -0.25) is 4.79 Å². The van der Waals surface area contributed by atoms with Crippen LogP contribution in [0.5, 0.6) is 11.5 Å². The van der Waals surface area contributed by atoms with Crippen LogP contribution in [0.4, 0.5) is 10.1 Å². The minimum atomic E-state index is -0.319. The standard InChI is InChI=1S/C15H12FNO3/c16-11-3-1-10(2-4-11)8-17-13-7-12(18)5-6-14(13)20-9-15(17)19/h1-7,18H,8-9H2. The van der Waals surface area contributed by atoms with Crippen LogP contribution in [0.25, 0.3) is 0 Å². The molecule has 1 amide bonds. The maximum atomic E-state index is 12.9. The maximum Gasteiger partial charge on any atom is 0.265 e. The molecule has 5 heteroatoms. The molecule has 102 valence electrons. The molecular formula is C15H12FNO3. The molecule has 20 heavy (non-hydrogen) atoms. The molecule has 0 spiro atoms. The largest absolute Gasteiger partial charge is 0.508 e. The van der Waals surface area contributed by atoms with E-state index in [-0.39, 0.29) is 24.1 Å². The zero-order valence-electron chi connectivity index (χ0n) is 10.5. The van der Waals surface area contributed by atoms with Gasteiger partial charge in [0.15, 0.2) is 6.61 Å². The van der Waals surface area contributed by atoms with Gasteiger partial charge in [0.05, 0.1) is 12.2 Å². The number of benzene rings is 2. The van der Waals surface area contributed by atoms with E-state index in [1.54, 1.807) is 18.2 Å². The number of aromatic hydroxyl groups is 1. The number of anilines is 1. The first-order valence-electron chi connectivity index (χ1n) is 6.14. The molecule has 0 unspecified atom stereocenters. The van der Waals surface area contributed by atoms with Crippen LogP contribution in [0.2, 0.25) is 0 Å². The van der Waals surface area contributed by atoms with Crippen LogP contribution in [-0.4, -0.2) is 17.6 Å². The van der Waals surface area contributed by atoms with Crippen molar-refractivity contribution >= 4 is 11.6 Å². The third kappa shape index (κ3) is 2.30. The molecule has 4 nitrogen and oxygen atoms in total. The van der Waals surface area contributed by atoms with E-state index in [1.165, 1.54) is 29.2 Å². The van der Waals surface area contributed by atoms with Crippen LogP contribution in [0, 0.1) is 5.82 Å². The summed E-state index contributed by atoms with van der Waals surface area (Å²) in [4.78, 5) is 13.5. The highest BCUT2D eigenvalue weighted by Crippen LogP contribution is 2.35. The zero-order chi connectivity index (χ0) is 14.1.